The van der Waals surface area contributed by atoms with Crippen molar-refractivity contribution in [3.63, 3.8) is 0 Å². The Balaban J connectivity index is 2.36. The van der Waals surface area contributed by atoms with Crippen molar-refractivity contribution in [2.24, 2.45) is 5.73 Å². The quantitative estimate of drug-likeness (QED) is 0.590. The van der Waals surface area contributed by atoms with E-state index >= 15 is 0 Å². The van der Waals surface area contributed by atoms with Crippen molar-refractivity contribution in [1.29, 1.82) is 0 Å². The van der Waals surface area contributed by atoms with Gasteiger partial charge in [0.1, 0.15) is 0 Å². The zero-order chi connectivity index (χ0) is 11.5. The van der Waals surface area contributed by atoms with Gasteiger partial charge in [0.05, 0.1) is 29.5 Å². The molecule has 1 aromatic carbocycles. The lowest BCUT2D eigenvalue weighted by molar-refractivity contribution is 0.139. The number of aromatic amines is 1. The van der Waals surface area contributed by atoms with Gasteiger partial charge in [-0.05, 0) is 24.7 Å². The molecule has 5 N–H and O–H groups in total. The monoisotopic (exact) mass is 220 g/mol. The van der Waals surface area contributed by atoms with Crippen molar-refractivity contribution in [3.05, 3.63) is 30.1 Å². The van der Waals surface area contributed by atoms with E-state index in [2.05, 4.69) is 15.3 Å². The van der Waals surface area contributed by atoms with E-state index in [0.717, 1.165) is 16.6 Å². The van der Waals surface area contributed by atoms with Crippen LogP contribution in [0.3, 0.4) is 0 Å². The molecule has 0 fully saturated rings. The summed E-state index contributed by atoms with van der Waals surface area (Å²) in [5, 5.41) is 12.8. The Morgan fingerprint density at radius 2 is 2.38 bits per heavy atom. The zero-order valence-electron chi connectivity index (χ0n) is 9.14. The maximum Gasteiger partial charge on any atom is 0.0931 e. The van der Waals surface area contributed by atoms with Gasteiger partial charge in [-0.2, -0.15) is 0 Å². The third-order valence-electron chi connectivity index (χ3n) is 2.74. The highest BCUT2D eigenvalue weighted by Crippen LogP contribution is 2.20. The van der Waals surface area contributed by atoms with Gasteiger partial charge in [-0.1, -0.05) is 6.07 Å². The number of hydrogen-bond acceptors (Lipinski definition) is 4. The number of likely N-dealkylation sites (N-methyl/N-ethyl adjacent to an activating group) is 1. The Labute approximate surface area is 93.7 Å². The number of nitrogens with zero attached hydrogens (tertiary/aromatic N) is 1. The first-order valence-corrected chi connectivity index (χ1v) is 5.24. The van der Waals surface area contributed by atoms with E-state index in [1.807, 2.05) is 18.2 Å². The number of nitrogens with two attached hydrogens (primary N) is 1. The van der Waals surface area contributed by atoms with E-state index in [1.165, 1.54) is 0 Å². The molecule has 1 aromatic heterocycles. The first-order chi connectivity index (χ1) is 7.76. The van der Waals surface area contributed by atoms with E-state index in [9.17, 15) is 5.11 Å². The van der Waals surface area contributed by atoms with Crippen LogP contribution in [0, 0.1) is 0 Å². The molecule has 0 radical (unpaired) electrons. The van der Waals surface area contributed by atoms with Crippen LogP contribution in [0.2, 0.25) is 0 Å². The number of fused-ring (bicyclic) bond motifs is 1. The summed E-state index contributed by atoms with van der Waals surface area (Å²) in [5.41, 5.74) is 8.34. The average Bonchev–Trinajstić information content (AvgIpc) is 2.77. The summed E-state index contributed by atoms with van der Waals surface area (Å²) >= 11 is 0. The molecule has 2 aromatic rings. The lowest BCUT2D eigenvalue weighted by Crippen LogP contribution is -2.34. The molecular formula is C11H16N4O. The molecule has 2 atom stereocenters. The molecule has 2 unspecified atom stereocenters. The van der Waals surface area contributed by atoms with Gasteiger partial charge in [-0.15, -0.1) is 0 Å². The van der Waals surface area contributed by atoms with Gasteiger partial charge in [0, 0.05) is 6.54 Å². The Morgan fingerprint density at radius 3 is 3.06 bits per heavy atom. The van der Waals surface area contributed by atoms with Crippen molar-refractivity contribution in [2.45, 2.75) is 12.1 Å². The SMILES string of the molecule is CNC(c1ccc2nc[nH]c2c1)C(O)CN. The fourth-order valence-electron chi connectivity index (χ4n) is 1.86. The molecule has 0 amide bonds. The minimum Gasteiger partial charge on any atom is -0.390 e. The minimum atomic E-state index is -0.592. The van der Waals surface area contributed by atoms with Gasteiger partial charge in [-0.25, -0.2) is 4.98 Å². The lowest BCUT2D eigenvalue weighted by Gasteiger charge is -2.21. The second-order valence-electron chi connectivity index (χ2n) is 3.75. The van der Waals surface area contributed by atoms with Crippen LogP contribution in [-0.2, 0) is 0 Å². The molecule has 0 bridgehead atoms. The summed E-state index contributed by atoms with van der Waals surface area (Å²) in [6.07, 6.45) is 1.06. The number of nitrogens with one attached hydrogen (secondary N) is 2. The number of aliphatic hydroxyl groups excluding tert-OH is 1. The molecular weight excluding hydrogens is 204 g/mol. The molecule has 16 heavy (non-hydrogen) atoms. The number of benzene rings is 1. The van der Waals surface area contributed by atoms with Crippen LogP contribution in [0.4, 0.5) is 0 Å². The second kappa shape index (κ2) is 4.61. The fourth-order valence-corrected chi connectivity index (χ4v) is 1.86. The Morgan fingerprint density at radius 1 is 1.56 bits per heavy atom. The van der Waals surface area contributed by atoms with Crippen LogP contribution in [0.1, 0.15) is 11.6 Å². The fraction of sp³-hybridized carbons (Fsp3) is 0.364. The standard InChI is InChI=1S/C11H16N4O/c1-13-11(10(16)5-12)7-2-3-8-9(4-7)15-6-14-8/h2-4,6,10-11,13,16H,5,12H2,1H3,(H,14,15). The molecule has 5 heteroatoms. The summed E-state index contributed by atoms with van der Waals surface area (Å²) in [6, 6.07) is 5.69. The Hall–Kier alpha value is -1.43. The normalized spacial score (nSPS) is 15.2. The lowest BCUT2D eigenvalue weighted by atomic mass is 10.0. The molecule has 0 aliphatic rings. The molecule has 5 nitrogen and oxygen atoms in total. The zero-order valence-corrected chi connectivity index (χ0v) is 9.14. The highest BCUT2D eigenvalue weighted by Gasteiger charge is 2.18. The first kappa shape index (κ1) is 11.1. The molecule has 0 aliphatic heterocycles. The van der Waals surface area contributed by atoms with Crippen molar-refractivity contribution in [3.8, 4) is 0 Å². The van der Waals surface area contributed by atoms with Crippen molar-refractivity contribution < 1.29 is 5.11 Å². The smallest absolute Gasteiger partial charge is 0.0931 e. The van der Waals surface area contributed by atoms with Crippen LogP contribution in [-0.4, -0.2) is 34.8 Å². The van der Waals surface area contributed by atoms with Gasteiger partial charge in [0.25, 0.3) is 0 Å². The van der Waals surface area contributed by atoms with E-state index in [-0.39, 0.29) is 12.6 Å². The van der Waals surface area contributed by atoms with Crippen LogP contribution < -0.4 is 11.1 Å². The number of imidazole rings is 1. The molecule has 1 heterocycles. The van der Waals surface area contributed by atoms with Gasteiger partial charge < -0.3 is 21.1 Å². The average molecular weight is 220 g/mol. The predicted molar refractivity (Wildman–Crippen MR) is 63.0 cm³/mol. The minimum absolute atomic E-state index is 0.155. The van der Waals surface area contributed by atoms with Gasteiger partial charge in [0.2, 0.25) is 0 Å². The van der Waals surface area contributed by atoms with Crippen LogP contribution in [0.5, 0.6) is 0 Å². The van der Waals surface area contributed by atoms with Crippen LogP contribution in [0.25, 0.3) is 11.0 Å². The summed E-state index contributed by atoms with van der Waals surface area (Å²) in [7, 11) is 1.81. The maximum absolute atomic E-state index is 9.78. The third kappa shape index (κ3) is 1.92. The molecule has 0 saturated heterocycles. The number of aromatic nitrogens is 2. The van der Waals surface area contributed by atoms with Crippen molar-refractivity contribution in [2.75, 3.05) is 13.6 Å². The van der Waals surface area contributed by atoms with Crippen LogP contribution in [0.15, 0.2) is 24.5 Å². The highest BCUT2D eigenvalue weighted by molar-refractivity contribution is 5.75. The van der Waals surface area contributed by atoms with E-state index < -0.39 is 6.10 Å². The van der Waals surface area contributed by atoms with Gasteiger partial charge in [0.15, 0.2) is 0 Å². The highest BCUT2D eigenvalue weighted by atomic mass is 16.3. The summed E-state index contributed by atoms with van der Waals surface area (Å²) in [5.74, 6) is 0. The van der Waals surface area contributed by atoms with Crippen molar-refractivity contribution in [1.82, 2.24) is 15.3 Å². The first-order valence-electron chi connectivity index (χ1n) is 5.24. The molecule has 0 aliphatic carbocycles. The Kier molecular flexibility index (Phi) is 3.19. The summed E-state index contributed by atoms with van der Waals surface area (Å²) in [4.78, 5) is 7.19. The maximum atomic E-state index is 9.78. The van der Waals surface area contributed by atoms with Crippen LogP contribution >= 0.6 is 0 Å². The molecule has 0 spiro atoms. The van der Waals surface area contributed by atoms with Crippen molar-refractivity contribution >= 4 is 11.0 Å². The van der Waals surface area contributed by atoms with Gasteiger partial charge >= 0.3 is 0 Å². The summed E-state index contributed by atoms with van der Waals surface area (Å²) in [6.45, 7) is 0.229. The van der Waals surface area contributed by atoms with E-state index in [1.54, 1.807) is 13.4 Å². The topological polar surface area (TPSA) is 87.0 Å². The molecule has 2 rings (SSSR count). The number of rotatable bonds is 4. The predicted octanol–water partition coefficient (Wildman–Crippen LogP) is 0.143. The third-order valence-corrected chi connectivity index (χ3v) is 2.74. The van der Waals surface area contributed by atoms with E-state index in [4.69, 9.17) is 5.73 Å². The molecule has 86 valence electrons. The largest absolute Gasteiger partial charge is 0.390 e. The summed E-state index contributed by atoms with van der Waals surface area (Å²) < 4.78 is 0. The molecule has 0 saturated carbocycles. The van der Waals surface area contributed by atoms with E-state index in [0.29, 0.717) is 0 Å². The number of H-pyrrole nitrogens is 1. The Bertz CT molecular complexity index is 468. The second-order valence-corrected chi connectivity index (χ2v) is 3.75. The number of hydrogen-bond donors (Lipinski definition) is 4. The van der Waals surface area contributed by atoms with Gasteiger partial charge in [-0.3, -0.25) is 0 Å². The number of aliphatic hydroxyl groups is 1.